The number of hydrogen-bond donors (Lipinski definition) is 3. The summed E-state index contributed by atoms with van der Waals surface area (Å²) in [6.45, 7) is 1.81. The van der Waals surface area contributed by atoms with E-state index in [0.717, 1.165) is 31.6 Å². The molecule has 0 aromatic heterocycles. The second kappa shape index (κ2) is 5.88. The van der Waals surface area contributed by atoms with E-state index in [2.05, 4.69) is 10.2 Å². The second-order valence-electron chi connectivity index (χ2n) is 4.57. The van der Waals surface area contributed by atoms with Crippen molar-refractivity contribution < 1.29 is 9.90 Å². The van der Waals surface area contributed by atoms with Gasteiger partial charge in [0.2, 0.25) is 0 Å². The minimum Gasteiger partial charge on any atom is -0.478 e. The third kappa shape index (κ3) is 3.35. The topological polar surface area (TPSA) is 78.6 Å². The Hall–Kier alpha value is -1.82. The molecule has 0 aliphatic carbocycles. The molecule has 1 aromatic carbocycles. The SMILES string of the molecule is NC(=S)Nc1ccc(N2CCCCC2)c(C(=O)O)c1. The maximum Gasteiger partial charge on any atom is 0.337 e. The van der Waals surface area contributed by atoms with Crippen molar-refractivity contribution in [2.24, 2.45) is 5.73 Å². The highest BCUT2D eigenvalue weighted by atomic mass is 32.1. The number of benzene rings is 1. The maximum absolute atomic E-state index is 11.4. The van der Waals surface area contributed by atoms with Crippen LogP contribution in [0.1, 0.15) is 29.6 Å². The molecule has 1 aliphatic rings. The van der Waals surface area contributed by atoms with Crippen LogP contribution in [0.5, 0.6) is 0 Å². The summed E-state index contributed by atoms with van der Waals surface area (Å²) in [6, 6.07) is 5.19. The van der Waals surface area contributed by atoms with Gasteiger partial charge in [0.1, 0.15) is 0 Å². The molecule has 0 atom stereocenters. The molecule has 19 heavy (non-hydrogen) atoms. The number of hydrogen-bond acceptors (Lipinski definition) is 3. The lowest BCUT2D eigenvalue weighted by molar-refractivity contribution is 0.0697. The summed E-state index contributed by atoms with van der Waals surface area (Å²) < 4.78 is 0. The predicted molar refractivity (Wildman–Crippen MR) is 79.9 cm³/mol. The zero-order valence-electron chi connectivity index (χ0n) is 10.6. The Balaban J connectivity index is 2.31. The molecule has 102 valence electrons. The van der Waals surface area contributed by atoms with E-state index < -0.39 is 5.97 Å². The molecule has 0 bridgehead atoms. The molecule has 4 N–H and O–H groups in total. The lowest BCUT2D eigenvalue weighted by Crippen LogP contribution is -2.31. The molecular formula is C13H17N3O2S. The molecule has 1 aromatic rings. The average molecular weight is 279 g/mol. The van der Waals surface area contributed by atoms with Crippen molar-refractivity contribution in [3.8, 4) is 0 Å². The fraction of sp³-hybridized carbons (Fsp3) is 0.385. The summed E-state index contributed by atoms with van der Waals surface area (Å²) in [5, 5.41) is 12.2. The van der Waals surface area contributed by atoms with Gasteiger partial charge in [0.25, 0.3) is 0 Å². The van der Waals surface area contributed by atoms with Crippen LogP contribution in [0.3, 0.4) is 0 Å². The first kappa shape index (κ1) is 13.6. The zero-order valence-corrected chi connectivity index (χ0v) is 11.4. The van der Waals surface area contributed by atoms with Gasteiger partial charge in [0, 0.05) is 18.8 Å². The number of carboxylic acid groups (broad SMARTS) is 1. The molecule has 0 saturated carbocycles. The molecule has 0 spiro atoms. The van der Waals surface area contributed by atoms with Crippen LogP contribution in [0.2, 0.25) is 0 Å². The lowest BCUT2D eigenvalue weighted by atomic mass is 10.1. The van der Waals surface area contributed by atoms with E-state index >= 15 is 0 Å². The molecule has 5 nitrogen and oxygen atoms in total. The number of piperidine rings is 1. The van der Waals surface area contributed by atoms with Crippen LogP contribution in [-0.4, -0.2) is 29.3 Å². The molecule has 0 radical (unpaired) electrons. The van der Waals surface area contributed by atoms with Crippen LogP contribution in [0, 0.1) is 0 Å². The highest BCUT2D eigenvalue weighted by Crippen LogP contribution is 2.27. The van der Waals surface area contributed by atoms with Crippen LogP contribution in [0.15, 0.2) is 18.2 Å². The van der Waals surface area contributed by atoms with Gasteiger partial charge in [-0.05, 0) is 49.7 Å². The number of anilines is 2. The third-order valence-corrected chi connectivity index (χ3v) is 3.29. The quantitative estimate of drug-likeness (QED) is 0.735. The Labute approximate surface area is 117 Å². The van der Waals surface area contributed by atoms with Gasteiger partial charge in [-0.15, -0.1) is 0 Å². The number of rotatable bonds is 3. The predicted octanol–water partition coefficient (Wildman–Crippen LogP) is 2.03. The summed E-state index contributed by atoms with van der Waals surface area (Å²) in [5.41, 5.74) is 7.04. The minimum atomic E-state index is -0.938. The smallest absolute Gasteiger partial charge is 0.337 e. The Kier molecular flexibility index (Phi) is 4.21. The number of carbonyl (C=O) groups is 1. The van der Waals surface area contributed by atoms with E-state index in [-0.39, 0.29) is 10.7 Å². The largest absolute Gasteiger partial charge is 0.478 e. The van der Waals surface area contributed by atoms with E-state index in [9.17, 15) is 9.90 Å². The van der Waals surface area contributed by atoms with Crippen LogP contribution in [0.25, 0.3) is 0 Å². The van der Waals surface area contributed by atoms with Crippen molar-refractivity contribution in [2.75, 3.05) is 23.3 Å². The van der Waals surface area contributed by atoms with Crippen molar-refractivity contribution in [3.63, 3.8) is 0 Å². The first-order valence-electron chi connectivity index (χ1n) is 6.26. The lowest BCUT2D eigenvalue weighted by Gasteiger charge is -2.30. The van der Waals surface area contributed by atoms with Gasteiger partial charge in [-0.3, -0.25) is 0 Å². The summed E-state index contributed by atoms with van der Waals surface area (Å²) in [5.74, 6) is -0.938. The highest BCUT2D eigenvalue weighted by molar-refractivity contribution is 7.80. The van der Waals surface area contributed by atoms with Crippen molar-refractivity contribution in [1.82, 2.24) is 0 Å². The van der Waals surface area contributed by atoms with Gasteiger partial charge in [0.15, 0.2) is 5.11 Å². The Morgan fingerprint density at radius 2 is 2.00 bits per heavy atom. The average Bonchev–Trinajstić information content (AvgIpc) is 2.39. The maximum atomic E-state index is 11.4. The minimum absolute atomic E-state index is 0.127. The van der Waals surface area contributed by atoms with Gasteiger partial charge in [-0.2, -0.15) is 0 Å². The molecule has 1 saturated heterocycles. The summed E-state index contributed by atoms with van der Waals surface area (Å²) >= 11 is 4.75. The summed E-state index contributed by atoms with van der Waals surface area (Å²) in [7, 11) is 0. The van der Waals surface area contributed by atoms with Crippen LogP contribution >= 0.6 is 12.2 Å². The van der Waals surface area contributed by atoms with E-state index in [1.54, 1.807) is 12.1 Å². The van der Waals surface area contributed by atoms with Crippen molar-refractivity contribution >= 4 is 34.7 Å². The third-order valence-electron chi connectivity index (χ3n) is 3.19. The Morgan fingerprint density at radius 1 is 1.32 bits per heavy atom. The Bertz CT molecular complexity index is 499. The van der Waals surface area contributed by atoms with E-state index in [1.807, 2.05) is 6.07 Å². The first-order chi connectivity index (χ1) is 9.08. The van der Waals surface area contributed by atoms with Gasteiger partial charge in [-0.25, -0.2) is 4.79 Å². The zero-order chi connectivity index (χ0) is 13.8. The number of nitrogens with zero attached hydrogens (tertiary/aromatic N) is 1. The first-order valence-corrected chi connectivity index (χ1v) is 6.67. The summed E-state index contributed by atoms with van der Waals surface area (Å²) in [6.07, 6.45) is 3.41. The summed E-state index contributed by atoms with van der Waals surface area (Å²) in [4.78, 5) is 13.5. The van der Waals surface area contributed by atoms with Crippen LogP contribution < -0.4 is 16.0 Å². The van der Waals surface area contributed by atoms with Crippen molar-refractivity contribution in [3.05, 3.63) is 23.8 Å². The fourth-order valence-corrected chi connectivity index (χ4v) is 2.46. The molecule has 1 aliphatic heterocycles. The fourth-order valence-electron chi connectivity index (χ4n) is 2.34. The molecule has 1 heterocycles. The van der Waals surface area contributed by atoms with Crippen molar-refractivity contribution in [2.45, 2.75) is 19.3 Å². The number of nitrogens with one attached hydrogen (secondary N) is 1. The molecule has 6 heteroatoms. The van der Waals surface area contributed by atoms with E-state index in [4.69, 9.17) is 18.0 Å². The molecule has 2 rings (SSSR count). The molecule has 1 fully saturated rings. The van der Waals surface area contributed by atoms with Gasteiger partial charge < -0.3 is 21.1 Å². The number of thiocarbonyl (C=S) groups is 1. The highest BCUT2D eigenvalue weighted by Gasteiger charge is 2.18. The van der Waals surface area contributed by atoms with Gasteiger partial charge in [-0.1, -0.05) is 0 Å². The molecule has 0 unspecified atom stereocenters. The van der Waals surface area contributed by atoms with Crippen molar-refractivity contribution in [1.29, 1.82) is 0 Å². The molecule has 0 amide bonds. The van der Waals surface area contributed by atoms with Crippen LogP contribution in [0.4, 0.5) is 11.4 Å². The van der Waals surface area contributed by atoms with Gasteiger partial charge in [0.05, 0.1) is 11.3 Å². The monoisotopic (exact) mass is 279 g/mol. The second-order valence-corrected chi connectivity index (χ2v) is 5.01. The standard InChI is InChI=1S/C13H17N3O2S/c14-13(19)15-9-4-5-11(10(8-9)12(17)18)16-6-2-1-3-7-16/h4-5,8H,1-3,6-7H2,(H,17,18)(H3,14,15,19). The van der Waals surface area contributed by atoms with E-state index in [1.165, 1.54) is 6.42 Å². The Morgan fingerprint density at radius 3 is 2.58 bits per heavy atom. The number of nitrogens with two attached hydrogens (primary N) is 1. The van der Waals surface area contributed by atoms with E-state index in [0.29, 0.717) is 5.69 Å². The normalized spacial score (nSPS) is 15.1. The number of aromatic carboxylic acids is 1. The number of carboxylic acids is 1. The molecular weight excluding hydrogens is 262 g/mol. The van der Waals surface area contributed by atoms with Crippen LogP contribution in [-0.2, 0) is 0 Å². The van der Waals surface area contributed by atoms with Gasteiger partial charge >= 0.3 is 5.97 Å².